The van der Waals surface area contributed by atoms with Crippen LogP contribution in [0.5, 0.6) is 0 Å². The molecule has 1 fully saturated rings. The first-order valence-corrected chi connectivity index (χ1v) is 9.20. The fourth-order valence-electron chi connectivity index (χ4n) is 3.16. The van der Waals surface area contributed by atoms with Crippen molar-refractivity contribution in [3.63, 3.8) is 0 Å². The van der Waals surface area contributed by atoms with E-state index in [0.29, 0.717) is 5.69 Å². The molecule has 6 heteroatoms. The molecule has 2 heterocycles. The highest BCUT2D eigenvalue weighted by Crippen LogP contribution is 2.25. The largest absolute Gasteiger partial charge is 0.356 e. The smallest absolute Gasteiger partial charge is 0.223 e. The van der Waals surface area contributed by atoms with Crippen LogP contribution >= 0.6 is 0 Å². The molecule has 0 spiro atoms. The van der Waals surface area contributed by atoms with E-state index in [1.165, 1.54) is 18.5 Å². The maximum atomic E-state index is 13.5. The van der Waals surface area contributed by atoms with Gasteiger partial charge in [0.1, 0.15) is 18.0 Å². The fourth-order valence-corrected chi connectivity index (χ4v) is 3.16. The first-order valence-electron chi connectivity index (χ1n) is 9.20. The van der Waals surface area contributed by atoms with Gasteiger partial charge in [0.05, 0.1) is 5.69 Å². The van der Waals surface area contributed by atoms with Crippen molar-refractivity contribution < 1.29 is 9.18 Å². The lowest BCUT2D eigenvalue weighted by atomic mass is 9.95. The average molecular weight is 356 g/mol. The van der Waals surface area contributed by atoms with Gasteiger partial charge >= 0.3 is 0 Å². The molecule has 1 amide bonds. The van der Waals surface area contributed by atoms with Crippen molar-refractivity contribution in [2.45, 2.75) is 39.2 Å². The predicted octanol–water partition coefficient (Wildman–Crippen LogP) is 3.41. The third-order valence-electron chi connectivity index (χ3n) is 4.96. The Balaban J connectivity index is 1.65. The van der Waals surface area contributed by atoms with Crippen molar-refractivity contribution in [1.29, 1.82) is 0 Å². The van der Waals surface area contributed by atoms with Crippen LogP contribution < -0.4 is 10.2 Å². The van der Waals surface area contributed by atoms with E-state index >= 15 is 0 Å². The van der Waals surface area contributed by atoms with Gasteiger partial charge in [-0.3, -0.25) is 4.79 Å². The Kier molecular flexibility index (Phi) is 5.81. The number of aromatic nitrogens is 2. The third-order valence-corrected chi connectivity index (χ3v) is 4.96. The number of amides is 1. The minimum absolute atomic E-state index is 0.0600. The minimum atomic E-state index is -0.282. The standard InChI is InChI=1S/C20H25FN4O/c1-3-14(2)24-20(26)15-7-9-25(10-8-15)19-12-18(22-13-23-19)16-5-4-6-17(21)11-16/h4-6,11-15H,3,7-10H2,1-2H3,(H,24,26)/t14-/m0/s1. The first-order chi connectivity index (χ1) is 12.6. The van der Waals surface area contributed by atoms with Crippen LogP contribution in [0.3, 0.4) is 0 Å². The van der Waals surface area contributed by atoms with E-state index in [9.17, 15) is 9.18 Å². The molecule has 1 saturated heterocycles. The van der Waals surface area contributed by atoms with E-state index in [0.717, 1.165) is 43.7 Å². The van der Waals surface area contributed by atoms with Gasteiger partial charge in [-0.25, -0.2) is 14.4 Å². The zero-order valence-corrected chi connectivity index (χ0v) is 15.3. The van der Waals surface area contributed by atoms with Gasteiger partial charge in [-0.2, -0.15) is 0 Å². The molecule has 1 N–H and O–H groups in total. The molecular formula is C20H25FN4O. The number of anilines is 1. The zero-order valence-electron chi connectivity index (χ0n) is 15.3. The maximum absolute atomic E-state index is 13.5. The number of carbonyl (C=O) groups is 1. The third kappa shape index (κ3) is 4.36. The number of rotatable bonds is 5. The molecule has 0 radical (unpaired) electrons. The Bertz CT molecular complexity index is 759. The Morgan fingerprint density at radius 1 is 1.31 bits per heavy atom. The molecular weight excluding hydrogens is 331 g/mol. The van der Waals surface area contributed by atoms with Gasteiger partial charge in [0.25, 0.3) is 0 Å². The van der Waals surface area contributed by atoms with Gasteiger partial charge < -0.3 is 10.2 Å². The van der Waals surface area contributed by atoms with E-state index in [4.69, 9.17) is 0 Å². The van der Waals surface area contributed by atoms with Gasteiger partial charge in [-0.1, -0.05) is 19.1 Å². The summed E-state index contributed by atoms with van der Waals surface area (Å²) in [5.41, 5.74) is 1.43. The number of halogens is 1. The van der Waals surface area contributed by atoms with E-state index in [1.54, 1.807) is 6.07 Å². The Labute approximate surface area is 153 Å². The fraction of sp³-hybridized carbons (Fsp3) is 0.450. The van der Waals surface area contributed by atoms with Crippen molar-refractivity contribution in [3.8, 4) is 11.3 Å². The first kappa shape index (κ1) is 18.3. The second-order valence-corrected chi connectivity index (χ2v) is 6.85. The van der Waals surface area contributed by atoms with Gasteiger partial charge in [0, 0.05) is 36.7 Å². The second-order valence-electron chi connectivity index (χ2n) is 6.85. The average Bonchev–Trinajstić information content (AvgIpc) is 2.68. The summed E-state index contributed by atoms with van der Waals surface area (Å²) < 4.78 is 13.5. The minimum Gasteiger partial charge on any atom is -0.356 e. The van der Waals surface area contributed by atoms with Gasteiger partial charge in [-0.05, 0) is 38.3 Å². The van der Waals surface area contributed by atoms with E-state index in [2.05, 4.69) is 27.1 Å². The van der Waals surface area contributed by atoms with Crippen molar-refractivity contribution in [2.24, 2.45) is 5.92 Å². The Morgan fingerprint density at radius 2 is 2.08 bits per heavy atom. The summed E-state index contributed by atoms with van der Waals surface area (Å²) in [4.78, 5) is 23.1. The SMILES string of the molecule is CC[C@H](C)NC(=O)C1CCN(c2cc(-c3cccc(F)c3)ncn2)CC1. The second kappa shape index (κ2) is 8.25. The van der Waals surface area contributed by atoms with Crippen LogP contribution in [-0.4, -0.2) is 35.0 Å². The summed E-state index contributed by atoms with van der Waals surface area (Å²) in [5, 5.41) is 3.07. The Hall–Kier alpha value is -2.50. The highest BCUT2D eigenvalue weighted by atomic mass is 19.1. The molecule has 3 rings (SSSR count). The van der Waals surface area contributed by atoms with E-state index < -0.39 is 0 Å². The lowest BCUT2D eigenvalue weighted by molar-refractivity contribution is -0.126. The molecule has 1 aromatic heterocycles. The molecule has 138 valence electrons. The summed E-state index contributed by atoms with van der Waals surface area (Å²) in [6, 6.07) is 8.50. The number of nitrogens with one attached hydrogen (secondary N) is 1. The molecule has 26 heavy (non-hydrogen) atoms. The number of nitrogens with zero attached hydrogens (tertiary/aromatic N) is 3. The lowest BCUT2D eigenvalue weighted by Gasteiger charge is -2.32. The normalized spacial score (nSPS) is 16.3. The lowest BCUT2D eigenvalue weighted by Crippen LogP contribution is -2.43. The highest BCUT2D eigenvalue weighted by molar-refractivity contribution is 5.79. The molecule has 0 aliphatic carbocycles. The molecule has 0 bridgehead atoms. The monoisotopic (exact) mass is 356 g/mol. The van der Waals surface area contributed by atoms with Crippen LogP contribution in [0.25, 0.3) is 11.3 Å². The van der Waals surface area contributed by atoms with Gasteiger partial charge in [0.2, 0.25) is 5.91 Å². The molecule has 1 aromatic carbocycles. The zero-order chi connectivity index (χ0) is 18.5. The molecule has 5 nitrogen and oxygen atoms in total. The quantitative estimate of drug-likeness (QED) is 0.892. The number of hydrogen-bond donors (Lipinski definition) is 1. The molecule has 1 aliphatic rings. The topological polar surface area (TPSA) is 58.1 Å². The molecule has 0 unspecified atom stereocenters. The number of piperidine rings is 1. The van der Waals surface area contributed by atoms with Crippen molar-refractivity contribution in [2.75, 3.05) is 18.0 Å². The number of hydrogen-bond acceptors (Lipinski definition) is 4. The van der Waals surface area contributed by atoms with Crippen LogP contribution in [-0.2, 0) is 4.79 Å². The van der Waals surface area contributed by atoms with Crippen molar-refractivity contribution in [1.82, 2.24) is 15.3 Å². The molecule has 2 aromatic rings. The van der Waals surface area contributed by atoms with Crippen molar-refractivity contribution in [3.05, 3.63) is 42.5 Å². The maximum Gasteiger partial charge on any atom is 0.223 e. The summed E-state index contributed by atoms with van der Waals surface area (Å²) in [6.07, 6.45) is 4.06. The van der Waals surface area contributed by atoms with Crippen LogP contribution in [0.15, 0.2) is 36.7 Å². The molecule has 1 aliphatic heterocycles. The summed E-state index contributed by atoms with van der Waals surface area (Å²) in [7, 11) is 0. The Morgan fingerprint density at radius 3 is 2.77 bits per heavy atom. The number of carbonyl (C=O) groups excluding carboxylic acids is 1. The molecule has 0 saturated carbocycles. The van der Waals surface area contributed by atoms with Gasteiger partial charge in [-0.15, -0.1) is 0 Å². The van der Waals surface area contributed by atoms with Crippen molar-refractivity contribution >= 4 is 11.7 Å². The van der Waals surface area contributed by atoms with Crippen LogP contribution in [0.1, 0.15) is 33.1 Å². The predicted molar refractivity (Wildman–Crippen MR) is 100 cm³/mol. The number of benzene rings is 1. The summed E-state index contributed by atoms with van der Waals surface area (Å²) >= 11 is 0. The van der Waals surface area contributed by atoms with Crippen LogP contribution in [0, 0.1) is 11.7 Å². The van der Waals surface area contributed by atoms with Crippen LogP contribution in [0.2, 0.25) is 0 Å². The summed E-state index contributed by atoms with van der Waals surface area (Å²) in [5.74, 6) is 0.753. The van der Waals surface area contributed by atoms with E-state index in [1.807, 2.05) is 19.1 Å². The van der Waals surface area contributed by atoms with E-state index in [-0.39, 0.29) is 23.7 Å². The highest BCUT2D eigenvalue weighted by Gasteiger charge is 2.26. The molecule has 1 atom stereocenters. The van der Waals surface area contributed by atoms with Gasteiger partial charge in [0.15, 0.2) is 0 Å². The van der Waals surface area contributed by atoms with Crippen LogP contribution in [0.4, 0.5) is 10.2 Å². The summed E-state index contributed by atoms with van der Waals surface area (Å²) in [6.45, 7) is 5.65.